The van der Waals surface area contributed by atoms with Crippen LogP contribution in [0.5, 0.6) is 5.75 Å². The van der Waals surface area contributed by atoms with E-state index in [-0.39, 0.29) is 24.8 Å². The molecule has 0 aliphatic heterocycles. The summed E-state index contributed by atoms with van der Waals surface area (Å²) >= 11 is 0. The van der Waals surface area contributed by atoms with Crippen LogP contribution in [0.3, 0.4) is 0 Å². The number of benzene rings is 1. The predicted octanol–water partition coefficient (Wildman–Crippen LogP) is 4.54. The third-order valence-corrected chi connectivity index (χ3v) is 4.70. The third kappa shape index (κ3) is 7.18. The van der Waals surface area contributed by atoms with Gasteiger partial charge < -0.3 is 9.84 Å². The monoisotopic (exact) mass is 377 g/mol. The van der Waals surface area contributed by atoms with Gasteiger partial charge in [-0.1, -0.05) is 43.9 Å². The second-order valence-corrected chi connectivity index (χ2v) is 6.61. The molecule has 2 rings (SSSR count). The molecule has 140 valence electrons. The lowest BCUT2D eigenvalue weighted by atomic mass is 9.94. The van der Waals surface area contributed by atoms with E-state index in [9.17, 15) is 5.11 Å². The minimum atomic E-state index is -0.428. The summed E-state index contributed by atoms with van der Waals surface area (Å²) in [7, 11) is 0. The average Bonchev–Trinajstić information content (AvgIpc) is 2.52. The molecular formula is C19H33Cl2NO2. The van der Waals surface area contributed by atoms with E-state index in [0.717, 1.165) is 17.9 Å². The van der Waals surface area contributed by atoms with E-state index in [1.165, 1.54) is 37.7 Å². The first-order valence-electron chi connectivity index (χ1n) is 8.72. The molecular weight excluding hydrogens is 345 g/mol. The minimum absolute atomic E-state index is 0. The highest BCUT2D eigenvalue weighted by atomic mass is 35.5. The van der Waals surface area contributed by atoms with Gasteiger partial charge in [-0.25, -0.2) is 0 Å². The molecule has 1 aliphatic carbocycles. The van der Waals surface area contributed by atoms with Crippen molar-refractivity contribution in [1.82, 2.24) is 4.90 Å². The number of aliphatic hydroxyl groups is 1. The second-order valence-electron chi connectivity index (χ2n) is 6.61. The maximum atomic E-state index is 10.3. The lowest BCUT2D eigenvalue weighted by Crippen LogP contribution is -2.43. The van der Waals surface area contributed by atoms with Crippen molar-refractivity contribution in [3.8, 4) is 5.75 Å². The molecule has 1 fully saturated rings. The fourth-order valence-electron chi connectivity index (χ4n) is 3.45. The fourth-order valence-corrected chi connectivity index (χ4v) is 3.45. The summed E-state index contributed by atoms with van der Waals surface area (Å²) in [6.45, 7) is 8.40. The Bertz CT molecular complexity index is 465. The Kier molecular flexibility index (Phi) is 11.7. The van der Waals surface area contributed by atoms with Gasteiger partial charge >= 0.3 is 0 Å². The van der Waals surface area contributed by atoms with Crippen molar-refractivity contribution < 1.29 is 9.84 Å². The first-order chi connectivity index (χ1) is 10.6. The van der Waals surface area contributed by atoms with Crippen LogP contribution >= 0.6 is 24.8 Å². The van der Waals surface area contributed by atoms with Crippen LogP contribution in [-0.2, 0) is 0 Å². The van der Waals surface area contributed by atoms with Crippen LogP contribution in [0, 0.1) is 13.8 Å². The number of ether oxygens (including phenoxy) is 1. The number of hydrogen-bond donors (Lipinski definition) is 1. The van der Waals surface area contributed by atoms with Gasteiger partial charge in [0.05, 0.1) is 0 Å². The van der Waals surface area contributed by atoms with Crippen LogP contribution in [0.2, 0.25) is 0 Å². The Morgan fingerprint density at radius 2 is 1.83 bits per heavy atom. The number of aliphatic hydroxyl groups excluding tert-OH is 1. The van der Waals surface area contributed by atoms with Crippen molar-refractivity contribution in [1.29, 1.82) is 0 Å². The van der Waals surface area contributed by atoms with Crippen LogP contribution in [0.25, 0.3) is 0 Å². The topological polar surface area (TPSA) is 32.7 Å². The molecule has 1 aromatic carbocycles. The number of nitrogens with zero attached hydrogens (tertiary/aromatic N) is 1. The molecule has 0 amide bonds. The molecule has 0 spiro atoms. The number of rotatable bonds is 7. The molecule has 3 nitrogen and oxygen atoms in total. The summed E-state index contributed by atoms with van der Waals surface area (Å²) in [6.07, 6.45) is 6.15. The Morgan fingerprint density at radius 3 is 2.42 bits per heavy atom. The second kappa shape index (κ2) is 12.0. The van der Waals surface area contributed by atoms with Gasteiger partial charge in [0.2, 0.25) is 0 Å². The highest BCUT2D eigenvalue weighted by Crippen LogP contribution is 2.23. The van der Waals surface area contributed by atoms with Crippen molar-refractivity contribution >= 4 is 24.8 Å². The Balaban J connectivity index is 0.00000264. The van der Waals surface area contributed by atoms with E-state index in [1.54, 1.807) is 0 Å². The smallest absolute Gasteiger partial charge is 0.122 e. The molecule has 0 saturated heterocycles. The molecule has 0 bridgehead atoms. The summed E-state index contributed by atoms with van der Waals surface area (Å²) in [5, 5.41) is 10.3. The first-order valence-corrected chi connectivity index (χ1v) is 8.72. The van der Waals surface area contributed by atoms with Crippen LogP contribution in [0.15, 0.2) is 18.2 Å². The standard InChI is InChI=1S/C19H31NO2.2ClH/c1-4-20(17-8-6-5-7-9-17)13-18(21)14-22-19-11-10-15(2)12-16(19)3;;/h10-12,17-18,21H,4-9,13-14H2,1-3H3;2*1H. The Hall–Kier alpha value is -0.480. The molecule has 1 atom stereocenters. The Labute approximate surface area is 159 Å². The summed E-state index contributed by atoms with van der Waals surface area (Å²) in [4.78, 5) is 2.43. The van der Waals surface area contributed by atoms with Gasteiger partial charge in [-0.3, -0.25) is 4.90 Å². The van der Waals surface area contributed by atoms with E-state index in [4.69, 9.17) is 4.74 Å². The number of likely N-dealkylation sites (N-methyl/N-ethyl adjacent to an activating group) is 1. The zero-order valence-electron chi connectivity index (χ0n) is 15.2. The van der Waals surface area contributed by atoms with Gasteiger partial charge in [0.1, 0.15) is 18.5 Å². The quantitative estimate of drug-likeness (QED) is 0.756. The molecule has 0 radical (unpaired) electrons. The number of hydrogen-bond acceptors (Lipinski definition) is 3. The van der Waals surface area contributed by atoms with E-state index < -0.39 is 6.10 Å². The largest absolute Gasteiger partial charge is 0.491 e. The molecule has 0 heterocycles. The van der Waals surface area contributed by atoms with Crippen molar-refractivity contribution in [2.24, 2.45) is 0 Å². The fraction of sp³-hybridized carbons (Fsp3) is 0.684. The van der Waals surface area contributed by atoms with Crippen molar-refractivity contribution in [3.63, 3.8) is 0 Å². The number of halogens is 2. The molecule has 1 saturated carbocycles. The summed E-state index contributed by atoms with van der Waals surface area (Å²) in [6, 6.07) is 6.81. The molecule has 5 heteroatoms. The van der Waals surface area contributed by atoms with E-state index >= 15 is 0 Å². The van der Waals surface area contributed by atoms with Crippen LogP contribution in [0.4, 0.5) is 0 Å². The molecule has 1 N–H and O–H groups in total. The molecule has 1 aliphatic rings. The van der Waals surface area contributed by atoms with Gasteiger partial charge in [-0.2, -0.15) is 0 Å². The lowest BCUT2D eigenvalue weighted by molar-refractivity contribution is 0.0462. The van der Waals surface area contributed by atoms with Crippen LogP contribution < -0.4 is 4.74 Å². The summed E-state index contributed by atoms with van der Waals surface area (Å²) in [5.41, 5.74) is 2.37. The minimum Gasteiger partial charge on any atom is -0.491 e. The number of aryl methyl sites for hydroxylation is 2. The van der Waals surface area contributed by atoms with Crippen molar-refractivity contribution in [2.45, 2.75) is 65.0 Å². The normalized spacial score (nSPS) is 16.2. The van der Waals surface area contributed by atoms with Gasteiger partial charge in [0.25, 0.3) is 0 Å². The van der Waals surface area contributed by atoms with E-state index in [1.807, 2.05) is 6.07 Å². The van der Waals surface area contributed by atoms with Crippen LogP contribution in [0.1, 0.15) is 50.2 Å². The molecule has 1 unspecified atom stereocenters. The predicted molar refractivity (Wildman–Crippen MR) is 106 cm³/mol. The summed E-state index contributed by atoms with van der Waals surface area (Å²) in [5.74, 6) is 0.880. The highest BCUT2D eigenvalue weighted by Gasteiger charge is 2.22. The molecule has 1 aromatic rings. The summed E-state index contributed by atoms with van der Waals surface area (Å²) < 4.78 is 5.81. The van der Waals surface area contributed by atoms with Gasteiger partial charge in [-0.05, 0) is 44.9 Å². The van der Waals surface area contributed by atoms with E-state index in [2.05, 4.69) is 37.8 Å². The van der Waals surface area contributed by atoms with Gasteiger partial charge in [-0.15, -0.1) is 24.8 Å². The zero-order chi connectivity index (χ0) is 15.9. The van der Waals surface area contributed by atoms with E-state index in [0.29, 0.717) is 19.2 Å². The Morgan fingerprint density at radius 1 is 1.17 bits per heavy atom. The van der Waals surface area contributed by atoms with Crippen molar-refractivity contribution in [3.05, 3.63) is 29.3 Å². The third-order valence-electron chi connectivity index (χ3n) is 4.70. The van der Waals surface area contributed by atoms with Gasteiger partial charge in [0.15, 0.2) is 0 Å². The SMILES string of the molecule is CCN(CC(O)COc1ccc(C)cc1C)C1CCCCC1.Cl.Cl. The van der Waals surface area contributed by atoms with Crippen LogP contribution in [-0.4, -0.2) is 41.8 Å². The first kappa shape index (κ1) is 23.5. The zero-order valence-corrected chi connectivity index (χ0v) is 16.8. The van der Waals surface area contributed by atoms with Gasteiger partial charge in [0, 0.05) is 12.6 Å². The molecule has 0 aromatic heterocycles. The lowest BCUT2D eigenvalue weighted by Gasteiger charge is -2.34. The highest BCUT2D eigenvalue weighted by molar-refractivity contribution is 5.85. The average molecular weight is 378 g/mol. The maximum absolute atomic E-state index is 10.3. The molecule has 24 heavy (non-hydrogen) atoms. The maximum Gasteiger partial charge on any atom is 0.122 e. The van der Waals surface area contributed by atoms with Crippen molar-refractivity contribution in [2.75, 3.05) is 19.7 Å².